The average Bonchev–Trinajstić information content (AvgIpc) is 3.06. The largest absolute Gasteiger partial charge is 0.478 e. The van der Waals surface area contributed by atoms with Gasteiger partial charge in [0.1, 0.15) is 5.82 Å². The standard InChI is InChI=1S/C19H20N4O3/c1-20-4-2-3-12-5-16(18(22-9-12)23-11-24)13-6-14-7-15(19(25)26)10-21-17(14)8-13/h2-3,5,7,9-11,13,20H,4,6,8H2,1H3,(H,25,26)(H,22,23,24)/b3-2+/t13-/m1/s1. The molecule has 0 spiro atoms. The van der Waals surface area contributed by atoms with E-state index in [1.54, 1.807) is 12.3 Å². The third-order valence-electron chi connectivity index (χ3n) is 4.42. The molecule has 0 saturated heterocycles. The summed E-state index contributed by atoms with van der Waals surface area (Å²) < 4.78 is 0. The molecule has 1 amide bonds. The number of fused-ring (bicyclic) bond motifs is 1. The van der Waals surface area contributed by atoms with Gasteiger partial charge in [-0.05, 0) is 54.6 Å². The molecule has 2 heterocycles. The molecule has 2 aromatic rings. The highest BCUT2D eigenvalue weighted by Crippen LogP contribution is 2.36. The number of carboxylic acids is 1. The fourth-order valence-corrected chi connectivity index (χ4v) is 3.20. The zero-order valence-corrected chi connectivity index (χ0v) is 14.4. The van der Waals surface area contributed by atoms with E-state index in [2.05, 4.69) is 20.6 Å². The summed E-state index contributed by atoms with van der Waals surface area (Å²) in [6.45, 7) is 0.750. The van der Waals surface area contributed by atoms with Crippen LogP contribution in [0, 0.1) is 0 Å². The number of aromatic carboxylic acids is 1. The second kappa shape index (κ2) is 7.88. The van der Waals surface area contributed by atoms with Crippen LogP contribution < -0.4 is 10.6 Å². The molecule has 134 valence electrons. The summed E-state index contributed by atoms with van der Waals surface area (Å²) >= 11 is 0. The second-order valence-electron chi connectivity index (χ2n) is 6.17. The van der Waals surface area contributed by atoms with Gasteiger partial charge in [0.2, 0.25) is 6.41 Å². The van der Waals surface area contributed by atoms with E-state index in [1.807, 2.05) is 25.3 Å². The Bertz CT molecular complexity index is 864. The van der Waals surface area contributed by atoms with Crippen molar-refractivity contribution in [2.45, 2.75) is 18.8 Å². The van der Waals surface area contributed by atoms with Gasteiger partial charge in [0.15, 0.2) is 0 Å². The summed E-state index contributed by atoms with van der Waals surface area (Å²) in [6.07, 6.45) is 9.05. The number of hydrogen-bond donors (Lipinski definition) is 3. The van der Waals surface area contributed by atoms with Crippen molar-refractivity contribution in [3.05, 3.63) is 58.6 Å². The van der Waals surface area contributed by atoms with Crippen LogP contribution in [0.1, 0.15) is 38.7 Å². The Hall–Kier alpha value is -3.06. The molecule has 3 N–H and O–H groups in total. The van der Waals surface area contributed by atoms with Crippen LogP contribution in [-0.4, -0.2) is 41.0 Å². The molecule has 2 aromatic heterocycles. The molecule has 0 radical (unpaired) electrons. The molecule has 0 aromatic carbocycles. The van der Waals surface area contributed by atoms with Gasteiger partial charge in [0, 0.05) is 24.6 Å². The Labute approximate surface area is 151 Å². The number of rotatable bonds is 7. The van der Waals surface area contributed by atoms with Crippen molar-refractivity contribution in [1.82, 2.24) is 15.3 Å². The maximum Gasteiger partial charge on any atom is 0.337 e. The van der Waals surface area contributed by atoms with Gasteiger partial charge in [-0.1, -0.05) is 12.2 Å². The van der Waals surface area contributed by atoms with Crippen molar-refractivity contribution >= 4 is 24.3 Å². The number of carbonyl (C=O) groups is 2. The third kappa shape index (κ3) is 3.78. The molecule has 26 heavy (non-hydrogen) atoms. The minimum atomic E-state index is -0.981. The minimum absolute atomic E-state index is 0.0918. The SMILES string of the molecule is CNC/C=C/c1cnc(NC=O)c([C@@H]2Cc3cc(C(=O)O)cnc3C2)c1. The topological polar surface area (TPSA) is 104 Å². The predicted octanol–water partition coefficient (Wildman–Crippen LogP) is 1.86. The Morgan fingerprint density at radius 2 is 2.15 bits per heavy atom. The van der Waals surface area contributed by atoms with Gasteiger partial charge in [-0.25, -0.2) is 9.78 Å². The van der Waals surface area contributed by atoms with Crippen LogP contribution >= 0.6 is 0 Å². The summed E-state index contributed by atoms with van der Waals surface area (Å²) in [4.78, 5) is 30.7. The fourth-order valence-electron chi connectivity index (χ4n) is 3.20. The van der Waals surface area contributed by atoms with Crippen LogP contribution in [0.15, 0.2) is 30.6 Å². The highest BCUT2D eigenvalue weighted by atomic mass is 16.4. The van der Waals surface area contributed by atoms with Crippen LogP contribution in [0.2, 0.25) is 0 Å². The molecule has 1 aliphatic rings. The Morgan fingerprint density at radius 3 is 2.88 bits per heavy atom. The van der Waals surface area contributed by atoms with E-state index in [0.29, 0.717) is 25.1 Å². The molecule has 0 unspecified atom stereocenters. The van der Waals surface area contributed by atoms with Crippen LogP contribution in [0.3, 0.4) is 0 Å². The number of nitrogens with zero attached hydrogens (tertiary/aromatic N) is 2. The number of pyridine rings is 2. The summed E-state index contributed by atoms with van der Waals surface area (Å²) in [5.41, 5.74) is 3.90. The van der Waals surface area contributed by atoms with Crippen LogP contribution in [0.4, 0.5) is 5.82 Å². The van der Waals surface area contributed by atoms with Crippen molar-refractivity contribution < 1.29 is 14.7 Å². The number of anilines is 1. The number of likely N-dealkylation sites (N-methyl/N-ethyl adjacent to an activating group) is 1. The van der Waals surface area contributed by atoms with Gasteiger partial charge in [0.05, 0.1) is 5.56 Å². The van der Waals surface area contributed by atoms with Gasteiger partial charge < -0.3 is 15.7 Å². The molecule has 7 heteroatoms. The average molecular weight is 352 g/mol. The van der Waals surface area contributed by atoms with Gasteiger partial charge in [-0.15, -0.1) is 0 Å². The molecular formula is C19H20N4O3. The van der Waals surface area contributed by atoms with E-state index in [1.165, 1.54) is 6.20 Å². The normalized spacial score (nSPS) is 15.8. The molecule has 0 fully saturated rings. The van der Waals surface area contributed by atoms with Crippen LogP contribution in [0.25, 0.3) is 6.08 Å². The lowest BCUT2D eigenvalue weighted by Gasteiger charge is -2.14. The van der Waals surface area contributed by atoms with E-state index < -0.39 is 5.97 Å². The first-order valence-electron chi connectivity index (χ1n) is 8.34. The van der Waals surface area contributed by atoms with Crippen LogP contribution in [0.5, 0.6) is 0 Å². The summed E-state index contributed by atoms with van der Waals surface area (Å²) in [5, 5.41) is 14.8. The quantitative estimate of drug-likeness (QED) is 0.657. The lowest BCUT2D eigenvalue weighted by Crippen LogP contribution is -2.07. The monoisotopic (exact) mass is 352 g/mol. The minimum Gasteiger partial charge on any atom is -0.478 e. The number of carboxylic acid groups (broad SMARTS) is 1. The van der Waals surface area contributed by atoms with Gasteiger partial charge in [0.25, 0.3) is 0 Å². The van der Waals surface area contributed by atoms with Crippen molar-refractivity contribution in [2.24, 2.45) is 0 Å². The Kier molecular flexibility index (Phi) is 5.38. The molecule has 1 aliphatic carbocycles. The van der Waals surface area contributed by atoms with E-state index in [0.717, 1.165) is 28.9 Å². The second-order valence-corrected chi connectivity index (χ2v) is 6.17. The molecule has 0 aliphatic heterocycles. The lowest BCUT2D eigenvalue weighted by molar-refractivity contribution is -0.105. The lowest BCUT2D eigenvalue weighted by atomic mass is 9.95. The highest BCUT2D eigenvalue weighted by Gasteiger charge is 2.27. The first-order chi connectivity index (χ1) is 12.6. The number of hydrogen-bond acceptors (Lipinski definition) is 5. The van der Waals surface area contributed by atoms with Gasteiger partial charge >= 0.3 is 5.97 Å². The Balaban J connectivity index is 1.90. The summed E-state index contributed by atoms with van der Waals surface area (Å²) in [7, 11) is 1.87. The first-order valence-corrected chi connectivity index (χ1v) is 8.34. The van der Waals surface area contributed by atoms with Crippen molar-refractivity contribution in [2.75, 3.05) is 18.9 Å². The molecule has 3 rings (SSSR count). The number of nitrogens with one attached hydrogen (secondary N) is 2. The van der Waals surface area contributed by atoms with Gasteiger partial charge in [-0.2, -0.15) is 0 Å². The van der Waals surface area contributed by atoms with E-state index >= 15 is 0 Å². The number of amides is 1. The third-order valence-corrected chi connectivity index (χ3v) is 4.42. The van der Waals surface area contributed by atoms with Crippen LogP contribution in [-0.2, 0) is 17.6 Å². The van der Waals surface area contributed by atoms with Crippen molar-refractivity contribution in [1.29, 1.82) is 0 Å². The molecule has 7 nitrogen and oxygen atoms in total. The zero-order valence-electron chi connectivity index (χ0n) is 14.4. The predicted molar refractivity (Wildman–Crippen MR) is 98.2 cm³/mol. The highest BCUT2D eigenvalue weighted by molar-refractivity contribution is 5.87. The maximum atomic E-state index is 11.1. The van der Waals surface area contributed by atoms with Gasteiger partial charge in [-0.3, -0.25) is 9.78 Å². The van der Waals surface area contributed by atoms with E-state index in [-0.39, 0.29) is 11.5 Å². The summed E-state index contributed by atoms with van der Waals surface area (Å²) in [6, 6.07) is 3.70. The van der Waals surface area contributed by atoms with Crippen molar-refractivity contribution in [3.8, 4) is 0 Å². The molecule has 0 bridgehead atoms. The van der Waals surface area contributed by atoms with E-state index in [4.69, 9.17) is 5.11 Å². The fraction of sp³-hybridized carbons (Fsp3) is 0.263. The maximum absolute atomic E-state index is 11.1. The van der Waals surface area contributed by atoms with E-state index in [9.17, 15) is 9.59 Å². The number of carbonyl (C=O) groups excluding carboxylic acids is 1. The number of aromatic nitrogens is 2. The molecule has 1 atom stereocenters. The zero-order chi connectivity index (χ0) is 18.5. The first kappa shape index (κ1) is 17.8. The Morgan fingerprint density at radius 1 is 1.31 bits per heavy atom. The summed E-state index contributed by atoms with van der Waals surface area (Å²) in [5.74, 6) is -0.360. The van der Waals surface area contributed by atoms with Crippen molar-refractivity contribution in [3.63, 3.8) is 0 Å². The molecular weight excluding hydrogens is 332 g/mol. The smallest absolute Gasteiger partial charge is 0.337 e. The molecule has 0 saturated carbocycles.